The van der Waals surface area contributed by atoms with Crippen molar-refractivity contribution in [1.29, 1.82) is 0 Å². The molecule has 7 nitrogen and oxygen atoms in total. The molecule has 8 heteroatoms. The molecule has 0 atom stereocenters. The Morgan fingerprint density at radius 1 is 1.23 bits per heavy atom. The molecule has 0 bridgehead atoms. The number of hydrogen-bond acceptors (Lipinski definition) is 5. The van der Waals surface area contributed by atoms with Crippen molar-refractivity contribution in [3.8, 4) is 23.6 Å². The molecule has 0 fully saturated rings. The van der Waals surface area contributed by atoms with Gasteiger partial charge in [0.15, 0.2) is 0 Å². The van der Waals surface area contributed by atoms with Crippen molar-refractivity contribution >= 4 is 28.6 Å². The van der Waals surface area contributed by atoms with Crippen LogP contribution >= 0.6 is 11.6 Å². The van der Waals surface area contributed by atoms with Crippen molar-refractivity contribution in [2.75, 3.05) is 7.11 Å². The zero-order valence-electron chi connectivity index (χ0n) is 16.5. The highest BCUT2D eigenvalue weighted by molar-refractivity contribution is 6.32. The first-order valence-corrected chi connectivity index (χ1v) is 9.37. The van der Waals surface area contributed by atoms with Crippen molar-refractivity contribution < 1.29 is 14.3 Å². The van der Waals surface area contributed by atoms with Gasteiger partial charge in [-0.05, 0) is 42.7 Å². The van der Waals surface area contributed by atoms with E-state index in [2.05, 4.69) is 26.8 Å². The van der Waals surface area contributed by atoms with E-state index >= 15 is 0 Å². The Kier molecular flexibility index (Phi) is 5.17. The third-order valence-electron chi connectivity index (χ3n) is 4.52. The summed E-state index contributed by atoms with van der Waals surface area (Å²) in [5.74, 6) is 6.14. The quantitative estimate of drug-likeness (QED) is 0.396. The van der Waals surface area contributed by atoms with Crippen molar-refractivity contribution in [1.82, 2.24) is 19.5 Å². The van der Waals surface area contributed by atoms with Gasteiger partial charge in [0.05, 0.1) is 41.3 Å². The number of aryl methyl sites for hydroxylation is 2. The Bertz CT molecular complexity index is 1330. The number of aromatic nitrogens is 4. The summed E-state index contributed by atoms with van der Waals surface area (Å²) in [5.41, 5.74) is 4.03. The number of nitrogens with one attached hydrogen (secondary N) is 1. The van der Waals surface area contributed by atoms with E-state index in [1.165, 1.54) is 7.11 Å². The molecule has 2 aromatic carbocycles. The number of ether oxygens (including phenoxy) is 2. The summed E-state index contributed by atoms with van der Waals surface area (Å²) >= 11 is 6.37. The number of nitrogens with zero attached hydrogens (tertiary/aromatic N) is 3. The van der Waals surface area contributed by atoms with Crippen LogP contribution in [-0.2, 0) is 11.8 Å². The SMILES string of the molecule is COC(=O)c1cc(Oc2nc3cc(Cl)c(C#Cc4cncn4C)cc3[nH]2)ccc1C. The molecule has 0 saturated heterocycles. The monoisotopic (exact) mass is 420 g/mol. The van der Waals surface area contributed by atoms with Crippen LogP contribution in [0.2, 0.25) is 5.02 Å². The van der Waals surface area contributed by atoms with Gasteiger partial charge in [-0.25, -0.2) is 9.78 Å². The summed E-state index contributed by atoms with van der Waals surface area (Å²) in [4.78, 5) is 23.4. The van der Waals surface area contributed by atoms with E-state index in [0.29, 0.717) is 27.4 Å². The molecule has 0 unspecified atom stereocenters. The predicted octanol–water partition coefficient (Wildman–Crippen LogP) is 4.24. The molecule has 150 valence electrons. The minimum absolute atomic E-state index is 0.275. The van der Waals surface area contributed by atoms with E-state index < -0.39 is 5.97 Å². The predicted molar refractivity (Wildman–Crippen MR) is 113 cm³/mol. The lowest BCUT2D eigenvalue weighted by Crippen LogP contribution is -2.04. The van der Waals surface area contributed by atoms with E-state index in [0.717, 1.165) is 16.8 Å². The van der Waals surface area contributed by atoms with Gasteiger partial charge in [0, 0.05) is 12.6 Å². The standard InChI is InChI=1S/C22H17ClN4O3/c1-13-4-7-16(9-17(13)21(28)29-3)30-22-25-19-8-14(18(23)10-20(19)26-22)5-6-15-11-24-12-27(15)2/h4,7-12H,1-3H3,(H,25,26). The molecule has 0 radical (unpaired) electrons. The number of halogens is 1. The molecule has 0 aliphatic rings. The Morgan fingerprint density at radius 2 is 2.07 bits per heavy atom. The van der Waals surface area contributed by atoms with Gasteiger partial charge >= 0.3 is 5.97 Å². The van der Waals surface area contributed by atoms with Crippen molar-refractivity contribution in [3.63, 3.8) is 0 Å². The number of hydrogen-bond donors (Lipinski definition) is 1. The smallest absolute Gasteiger partial charge is 0.338 e. The van der Waals surface area contributed by atoms with E-state index in [1.54, 1.807) is 36.8 Å². The van der Waals surface area contributed by atoms with Crippen molar-refractivity contribution in [3.05, 3.63) is 70.3 Å². The fourth-order valence-electron chi connectivity index (χ4n) is 2.87. The zero-order valence-corrected chi connectivity index (χ0v) is 17.2. The maximum Gasteiger partial charge on any atom is 0.338 e. The Labute approximate surface area is 177 Å². The Balaban J connectivity index is 1.64. The number of methoxy groups -OCH3 is 1. The molecule has 0 aliphatic carbocycles. The number of imidazole rings is 2. The second kappa shape index (κ2) is 7.93. The molecule has 0 spiro atoms. The lowest BCUT2D eigenvalue weighted by Gasteiger charge is -2.07. The van der Waals surface area contributed by atoms with Crippen LogP contribution in [0.3, 0.4) is 0 Å². The average Bonchev–Trinajstić information content (AvgIpc) is 3.31. The van der Waals surface area contributed by atoms with E-state index in [-0.39, 0.29) is 6.01 Å². The molecule has 2 heterocycles. The molecule has 1 N–H and O–H groups in total. The average molecular weight is 421 g/mol. The highest BCUT2D eigenvalue weighted by atomic mass is 35.5. The minimum atomic E-state index is -0.425. The number of benzene rings is 2. The molecule has 4 rings (SSSR count). The largest absolute Gasteiger partial charge is 0.465 e. The van der Waals surface area contributed by atoms with Gasteiger partial charge in [-0.2, -0.15) is 4.98 Å². The normalized spacial score (nSPS) is 10.5. The molecule has 0 aliphatic heterocycles. The third kappa shape index (κ3) is 3.86. The molecule has 4 aromatic rings. The van der Waals surface area contributed by atoms with Crippen LogP contribution in [0.15, 0.2) is 42.9 Å². The van der Waals surface area contributed by atoms with Crippen LogP contribution in [0.25, 0.3) is 11.0 Å². The molecule has 30 heavy (non-hydrogen) atoms. The summed E-state index contributed by atoms with van der Waals surface area (Å²) in [5, 5.41) is 0.485. The van der Waals surface area contributed by atoms with Crippen LogP contribution in [0.5, 0.6) is 11.8 Å². The number of fused-ring (bicyclic) bond motifs is 1. The molecular weight excluding hydrogens is 404 g/mol. The van der Waals surface area contributed by atoms with Crippen LogP contribution in [0.4, 0.5) is 0 Å². The highest BCUT2D eigenvalue weighted by Crippen LogP contribution is 2.27. The molecule has 2 aromatic heterocycles. The third-order valence-corrected chi connectivity index (χ3v) is 4.83. The van der Waals surface area contributed by atoms with Gasteiger partial charge in [0.25, 0.3) is 6.01 Å². The molecular formula is C22H17ClN4O3. The fraction of sp³-hybridized carbons (Fsp3) is 0.136. The van der Waals surface area contributed by atoms with E-state index in [1.807, 2.05) is 24.6 Å². The second-order valence-electron chi connectivity index (χ2n) is 6.60. The lowest BCUT2D eigenvalue weighted by molar-refractivity contribution is 0.0599. The highest BCUT2D eigenvalue weighted by Gasteiger charge is 2.13. The molecule has 0 amide bonds. The van der Waals surface area contributed by atoms with Crippen molar-refractivity contribution in [2.24, 2.45) is 7.05 Å². The van der Waals surface area contributed by atoms with Gasteiger partial charge in [0.1, 0.15) is 11.4 Å². The topological polar surface area (TPSA) is 82.0 Å². The number of carbonyl (C=O) groups excluding carboxylic acids is 1. The van der Waals surface area contributed by atoms with Crippen molar-refractivity contribution in [2.45, 2.75) is 6.92 Å². The lowest BCUT2D eigenvalue weighted by atomic mass is 10.1. The van der Waals surface area contributed by atoms with E-state index in [4.69, 9.17) is 21.1 Å². The van der Waals surface area contributed by atoms with Gasteiger partial charge in [0.2, 0.25) is 0 Å². The van der Waals surface area contributed by atoms with Gasteiger partial charge < -0.3 is 19.0 Å². The number of esters is 1. The van der Waals surface area contributed by atoms with Crippen LogP contribution in [0.1, 0.15) is 27.2 Å². The van der Waals surface area contributed by atoms with Crippen LogP contribution < -0.4 is 4.74 Å². The number of aromatic amines is 1. The first-order chi connectivity index (χ1) is 14.4. The summed E-state index contributed by atoms with van der Waals surface area (Å²) in [6.45, 7) is 1.83. The summed E-state index contributed by atoms with van der Waals surface area (Å²) < 4.78 is 12.4. The first kappa shape index (κ1) is 19.6. The minimum Gasteiger partial charge on any atom is -0.465 e. The Hall–Kier alpha value is -3.76. The summed E-state index contributed by atoms with van der Waals surface area (Å²) in [6.07, 6.45) is 3.37. The van der Waals surface area contributed by atoms with Gasteiger partial charge in [-0.1, -0.05) is 23.6 Å². The maximum atomic E-state index is 11.9. The van der Waals surface area contributed by atoms with Gasteiger partial charge in [-0.3, -0.25) is 0 Å². The number of rotatable bonds is 3. The first-order valence-electron chi connectivity index (χ1n) is 8.99. The van der Waals surface area contributed by atoms with Crippen LogP contribution in [0, 0.1) is 18.8 Å². The Morgan fingerprint density at radius 3 is 2.80 bits per heavy atom. The van der Waals surface area contributed by atoms with Gasteiger partial charge in [-0.15, -0.1) is 0 Å². The second-order valence-corrected chi connectivity index (χ2v) is 7.01. The summed E-state index contributed by atoms with van der Waals surface area (Å²) in [6, 6.07) is 8.97. The zero-order chi connectivity index (χ0) is 21.3. The maximum absolute atomic E-state index is 11.9. The molecule has 0 saturated carbocycles. The fourth-order valence-corrected chi connectivity index (χ4v) is 3.07. The number of carbonyl (C=O) groups is 1. The van der Waals surface area contributed by atoms with Crippen LogP contribution in [-0.4, -0.2) is 32.6 Å². The number of H-pyrrole nitrogens is 1. The summed E-state index contributed by atoms with van der Waals surface area (Å²) in [7, 11) is 3.21. The van der Waals surface area contributed by atoms with E-state index in [9.17, 15) is 4.79 Å².